The SMILES string of the molecule is CC(C)N(C)S(=O)(=O)c1cccc(C(=O)OCc2cccc(Br)c2)c1. The average Bonchev–Trinajstić information content (AvgIpc) is 2.59. The number of esters is 1. The first kappa shape index (κ1) is 19.6. The van der Waals surface area contributed by atoms with Crippen molar-refractivity contribution in [2.24, 2.45) is 0 Å². The fourth-order valence-electron chi connectivity index (χ4n) is 2.09. The van der Waals surface area contributed by atoms with Gasteiger partial charge in [0.2, 0.25) is 10.0 Å². The van der Waals surface area contributed by atoms with E-state index in [-0.39, 0.29) is 23.1 Å². The Bertz CT molecular complexity index is 865. The van der Waals surface area contributed by atoms with Gasteiger partial charge in [0.1, 0.15) is 6.61 Å². The second-order valence-corrected chi connectivity index (χ2v) is 8.76. The van der Waals surface area contributed by atoms with Crippen LogP contribution in [0.1, 0.15) is 29.8 Å². The Morgan fingerprint density at radius 2 is 1.84 bits per heavy atom. The average molecular weight is 426 g/mol. The lowest BCUT2D eigenvalue weighted by molar-refractivity contribution is 0.0472. The van der Waals surface area contributed by atoms with Crippen molar-refractivity contribution in [1.29, 1.82) is 0 Å². The maximum absolute atomic E-state index is 12.5. The van der Waals surface area contributed by atoms with Crippen molar-refractivity contribution in [3.05, 3.63) is 64.1 Å². The van der Waals surface area contributed by atoms with Gasteiger partial charge in [-0.2, -0.15) is 4.31 Å². The molecule has 0 aliphatic rings. The zero-order valence-corrected chi connectivity index (χ0v) is 16.7. The standard InChI is InChI=1S/C18H20BrNO4S/c1-13(2)20(3)25(22,23)17-9-5-7-15(11-17)18(21)24-12-14-6-4-8-16(19)10-14/h4-11,13H,12H2,1-3H3. The Hall–Kier alpha value is -1.70. The van der Waals surface area contributed by atoms with Crippen molar-refractivity contribution in [1.82, 2.24) is 4.31 Å². The molecule has 0 saturated carbocycles. The van der Waals surface area contributed by atoms with Gasteiger partial charge in [0.05, 0.1) is 10.5 Å². The molecular weight excluding hydrogens is 406 g/mol. The Kier molecular flexibility index (Phi) is 6.37. The van der Waals surface area contributed by atoms with Crippen LogP contribution in [-0.4, -0.2) is 31.8 Å². The maximum Gasteiger partial charge on any atom is 0.338 e. The number of hydrogen-bond donors (Lipinski definition) is 0. The van der Waals surface area contributed by atoms with Gasteiger partial charge in [0, 0.05) is 17.6 Å². The molecule has 2 aromatic carbocycles. The highest BCUT2D eigenvalue weighted by molar-refractivity contribution is 9.10. The molecule has 134 valence electrons. The van der Waals surface area contributed by atoms with Crippen molar-refractivity contribution in [3.63, 3.8) is 0 Å². The second kappa shape index (κ2) is 8.12. The van der Waals surface area contributed by atoms with Crippen LogP contribution in [0.3, 0.4) is 0 Å². The number of ether oxygens (including phenoxy) is 1. The largest absolute Gasteiger partial charge is 0.457 e. The van der Waals surface area contributed by atoms with Crippen molar-refractivity contribution in [3.8, 4) is 0 Å². The Morgan fingerprint density at radius 3 is 2.48 bits per heavy atom. The topological polar surface area (TPSA) is 63.7 Å². The summed E-state index contributed by atoms with van der Waals surface area (Å²) < 4.78 is 32.5. The fourth-order valence-corrected chi connectivity index (χ4v) is 3.95. The first-order valence-corrected chi connectivity index (χ1v) is 9.95. The minimum Gasteiger partial charge on any atom is -0.457 e. The zero-order chi connectivity index (χ0) is 18.6. The third-order valence-corrected chi connectivity index (χ3v) is 6.26. The number of halogens is 1. The smallest absolute Gasteiger partial charge is 0.338 e. The molecule has 0 unspecified atom stereocenters. The van der Waals surface area contributed by atoms with Crippen LogP contribution in [-0.2, 0) is 21.4 Å². The third-order valence-electron chi connectivity index (χ3n) is 3.73. The predicted octanol–water partition coefficient (Wildman–Crippen LogP) is 3.84. The van der Waals surface area contributed by atoms with Gasteiger partial charge in [0.15, 0.2) is 0 Å². The summed E-state index contributed by atoms with van der Waals surface area (Å²) in [4.78, 5) is 12.3. The number of carbonyl (C=O) groups is 1. The molecule has 0 heterocycles. The van der Waals surface area contributed by atoms with E-state index >= 15 is 0 Å². The summed E-state index contributed by atoms with van der Waals surface area (Å²) in [6.45, 7) is 3.68. The molecular formula is C18H20BrNO4S. The molecule has 0 spiro atoms. The van der Waals surface area contributed by atoms with E-state index in [0.29, 0.717) is 0 Å². The van der Waals surface area contributed by atoms with Crippen molar-refractivity contribution >= 4 is 31.9 Å². The van der Waals surface area contributed by atoms with Gasteiger partial charge in [-0.25, -0.2) is 13.2 Å². The lowest BCUT2D eigenvalue weighted by atomic mass is 10.2. The molecule has 0 aliphatic carbocycles. The Balaban J connectivity index is 2.16. The summed E-state index contributed by atoms with van der Waals surface area (Å²) in [5.41, 5.74) is 1.04. The molecule has 0 aromatic heterocycles. The lowest BCUT2D eigenvalue weighted by Gasteiger charge is -2.21. The highest BCUT2D eigenvalue weighted by Crippen LogP contribution is 2.19. The molecule has 0 bridgehead atoms. The number of benzene rings is 2. The van der Waals surface area contributed by atoms with Crippen LogP contribution in [0.2, 0.25) is 0 Å². The molecule has 2 aromatic rings. The predicted molar refractivity (Wildman–Crippen MR) is 99.8 cm³/mol. The van der Waals surface area contributed by atoms with E-state index in [9.17, 15) is 13.2 Å². The third kappa shape index (κ3) is 4.90. The van der Waals surface area contributed by atoms with Gasteiger partial charge in [0.25, 0.3) is 0 Å². The second-order valence-electron chi connectivity index (χ2n) is 5.85. The van der Waals surface area contributed by atoms with E-state index in [1.54, 1.807) is 13.8 Å². The first-order chi connectivity index (χ1) is 11.7. The first-order valence-electron chi connectivity index (χ1n) is 7.71. The number of nitrogens with zero attached hydrogens (tertiary/aromatic N) is 1. The summed E-state index contributed by atoms with van der Waals surface area (Å²) in [7, 11) is -2.14. The Labute approximate surface area is 156 Å². The number of sulfonamides is 1. The summed E-state index contributed by atoms with van der Waals surface area (Å²) >= 11 is 3.36. The van der Waals surface area contributed by atoms with Gasteiger partial charge in [-0.3, -0.25) is 0 Å². The molecule has 0 fully saturated rings. The molecule has 0 aliphatic heterocycles. The molecule has 25 heavy (non-hydrogen) atoms. The van der Waals surface area contributed by atoms with Crippen LogP contribution in [0.15, 0.2) is 57.9 Å². The molecule has 7 heteroatoms. The van der Waals surface area contributed by atoms with Gasteiger partial charge in [-0.15, -0.1) is 0 Å². The number of rotatable bonds is 6. The molecule has 0 amide bonds. The van der Waals surface area contributed by atoms with Crippen LogP contribution >= 0.6 is 15.9 Å². The highest BCUT2D eigenvalue weighted by Gasteiger charge is 2.24. The summed E-state index contributed by atoms with van der Waals surface area (Å²) in [5.74, 6) is -0.566. The molecule has 2 rings (SSSR count). The summed E-state index contributed by atoms with van der Waals surface area (Å²) in [6.07, 6.45) is 0. The van der Waals surface area contributed by atoms with E-state index in [2.05, 4.69) is 15.9 Å². The molecule has 0 saturated heterocycles. The van der Waals surface area contributed by atoms with Crippen molar-refractivity contribution in [2.45, 2.75) is 31.4 Å². The van der Waals surface area contributed by atoms with E-state index in [1.807, 2.05) is 24.3 Å². The molecule has 5 nitrogen and oxygen atoms in total. The minimum atomic E-state index is -3.65. The lowest BCUT2D eigenvalue weighted by Crippen LogP contribution is -2.33. The normalized spacial score (nSPS) is 11.8. The maximum atomic E-state index is 12.5. The quantitative estimate of drug-likeness (QED) is 0.659. The van der Waals surface area contributed by atoms with Gasteiger partial charge >= 0.3 is 5.97 Å². The highest BCUT2D eigenvalue weighted by atomic mass is 79.9. The van der Waals surface area contributed by atoms with Crippen molar-refractivity contribution < 1.29 is 17.9 Å². The number of carbonyl (C=O) groups excluding carboxylic acids is 1. The number of hydrogen-bond acceptors (Lipinski definition) is 4. The van der Waals surface area contributed by atoms with Crippen LogP contribution < -0.4 is 0 Å². The minimum absolute atomic E-state index is 0.0700. The molecule has 0 N–H and O–H groups in total. The van der Waals surface area contributed by atoms with Gasteiger partial charge in [-0.1, -0.05) is 34.1 Å². The molecule has 0 radical (unpaired) electrons. The van der Waals surface area contributed by atoms with Crippen LogP contribution in [0.25, 0.3) is 0 Å². The van der Waals surface area contributed by atoms with E-state index in [1.165, 1.54) is 35.6 Å². The van der Waals surface area contributed by atoms with Crippen LogP contribution in [0, 0.1) is 0 Å². The zero-order valence-electron chi connectivity index (χ0n) is 14.3. The van der Waals surface area contributed by atoms with Gasteiger partial charge < -0.3 is 4.74 Å². The Morgan fingerprint density at radius 1 is 1.16 bits per heavy atom. The monoisotopic (exact) mass is 425 g/mol. The van der Waals surface area contributed by atoms with E-state index in [0.717, 1.165) is 10.0 Å². The summed E-state index contributed by atoms with van der Waals surface area (Å²) in [6, 6.07) is 13.1. The van der Waals surface area contributed by atoms with Gasteiger partial charge in [-0.05, 0) is 49.7 Å². The van der Waals surface area contributed by atoms with E-state index < -0.39 is 16.0 Å². The van der Waals surface area contributed by atoms with Crippen molar-refractivity contribution in [2.75, 3.05) is 7.05 Å². The van der Waals surface area contributed by atoms with Crippen LogP contribution in [0.5, 0.6) is 0 Å². The van der Waals surface area contributed by atoms with Crippen LogP contribution in [0.4, 0.5) is 0 Å². The molecule has 0 atom stereocenters. The van der Waals surface area contributed by atoms with E-state index in [4.69, 9.17) is 4.74 Å². The fraction of sp³-hybridized carbons (Fsp3) is 0.278. The summed E-state index contributed by atoms with van der Waals surface area (Å²) in [5, 5.41) is 0.